The summed E-state index contributed by atoms with van der Waals surface area (Å²) in [6, 6.07) is 0. The van der Waals surface area contributed by atoms with Gasteiger partial charge in [0.05, 0.1) is 0 Å². The molecule has 0 aromatic rings. The van der Waals surface area contributed by atoms with Crippen LogP contribution in [0.4, 0.5) is 4.39 Å². The van der Waals surface area contributed by atoms with Crippen LogP contribution in [0.25, 0.3) is 0 Å². The molecule has 0 amide bonds. The fourth-order valence-electron chi connectivity index (χ4n) is 0.747. The molecular weight excluding hydrogens is 191 g/mol. The molecule has 1 N–H and O–H groups in total. The van der Waals surface area contributed by atoms with E-state index in [0.717, 1.165) is 0 Å². The Bertz CT molecular complexity index is 249. The monoisotopic (exact) mass is 204 g/mol. The van der Waals surface area contributed by atoms with E-state index in [0.29, 0.717) is 0 Å². The Kier molecular flexibility index (Phi) is 4.83. The van der Waals surface area contributed by atoms with Gasteiger partial charge < -0.3 is 9.84 Å². The highest BCUT2D eigenvalue weighted by atomic mass is 19.1. The minimum absolute atomic E-state index is 0.104. The molecule has 0 fully saturated rings. The number of rotatable bonds is 5. The van der Waals surface area contributed by atoms with Gasteiger partial charge in [0.2, 0.25) is 6.17 Å². The lowest BCUT2D eigenvalue weighted by atomic mass is 10.2. The summed E-state index contributed by atoms with van der Waals surface area (Å²) in [5.74, 6) is -2.41. The summed E-state index contributed by atoms with van der Waals surface area (Å²) in [5.41, 5.74) is 0.112. The number of alkyl halides is 1. The van der Waals surface area contributed by atoms with Gasteiger partial charge in [-0.15, -0.1) is 0 Å². The zero-order valence-electron chi connectivity index (χ0n) is 8.12. The van der Waals surface area contributed by atoms with Crippen molar-refractivity contribution in [2.24, 2.45) is 0 Å². The molecule has 80 valence electrons. The topological polar surface area (TPSA) is 63.6 Å². The SMILES string of the molecule is C=C(C)C(=O)O[C@H](CC)[C@@H](F)C(=O)O. The average Bonchev–Trinajstić information content (AvgIpc) is 2.12. The van der Waals surface area contributed by atoms with Crippen molar-refractivity contribution in [3.63, 3.8) is 0 Å². The van der Waals surface area contributed by atoms with E-state index in [4.69, 9.17) is 5.11 Å². The summed E-state index contributed by atoms with van der Waals surface area (Å²) in [7, 11) is 0. The smallest absolute Gasteiger partial charge is 0.342 e. The van der Waals surface area contributed by atoms with Crippen LogP contribution in [0, 0.1) is 0 Å². The van der Waals surface area contributed by atoms with Crippen molar-refractivity contribution in [1.29, 1.82) is 0 Å². The highest BCUT2D eigenvalue weighted by molar-refractivity contribution is 5.87. The molecule has 0 aromatic carbocycles. The van der Waals surface area contributed by atoms with Gasteiger partial charge >= 0.3 is 11.9 Å². The third kappa shape index (κ3) is 3.55. The fraction of sp³-hybridized carbons (Fsp3) is 0.556. The van der Waals surface area contributed by atoms with Gasteiger partial charge in [0.1, 0.15) is 6.10 Å². The number of hydrogen-bond acceptors (Lipinski definition) is 3. The fourth-order valence-corrected chi connectivity index (χ4v) is 0.747. The van der Waals surface area contributed by atoms with Gasteiger partial charge in [-0.25, -0.2) is 14.0 Å². The molecule has 0 aromatic heterocycles. The van der Waals surface area contributed by atoms with Crippen LogP contribution in [-0.2, 0) is 14.3 Å². The second kappa shape index (κ2) is 5.36. The molecule has 0 unspecified atom stereocenters. The second-order valence-corrected chi connectivity index (χ2v) is 2.87. The summed E-state index contributed by atoms with van der Waals surface area (Å²) < 4.78 is 17.5. The van der Waals surface area contributed by atoms with Crippen LogP contribution in [0.3, 0.4) is 0 Å². The van der Waals surface area contributed by atoms with Gasteiger partial charge in [-0.2, -0.15) is 0 Å². The molecule has 0 aliphatic rings. The standard InChI is InChI=1S/C9H13FO4/c1-4-6(7(10)8(11)12)14-9(13)5(2)3/h6-7H,2,4H2,1,3H3,(H,11,12)/t6-,7-/m1/s1. The maximum absolute atomic E-state index is 12.9. The number of hydrogen-bond donors (Lipinski definition) is 1. The predicted molar refractivity (Wildman–Crippen MR) is 47.5 cm³/mol. The second-order valence-electron chi connectivity index (χ2n) is 2.87. The van der Waals surface area contributed by atoms with Gasteiger partial charge in [-0.3, -0.25) is 0 Å². The minimum Gasteiger partial charge on any atom is -0.479 e. The van der Waals surface area contributed by atoms with E-state index in [2.05, 4.69) is 11.3 Å². The maximum atomic E-state index is 12.9. The number of carboxylic acid groups (broad SMARTS) is 1. The van der Waals surface area contributed by atoms with Crippen molar-refractivity contribution >= 4 is 11.9 Å². The molecule has 5 heteroatoms. The molecule has 4 nitrogen and oxygen atoms in total. The van der Waals surface area contributed by atoms with Crippen molar-refractivity contribution in [2.75, 3.05) is 0 Å². The minimum atomic E-state index is -2.19. The third-order valence-electron chi connectivity index (χ3n) is 1.57. The van der Waals surface area contributed by atoms with Crippen molar-refractivity contribution in [2.45, 2.75) is 32.5 Å². The lowest BCUT2D eigenvalue weighted by Crippen LogP contribution is -2.33. The first kappa shape index (κ1) is 12.6. The quantitative estimate of drug-likeness (QED) is 0.541. The van der Waals surface area contributed by atoms with E-state index in [1.165, 1.54) is 13.8 Å². The Hall–Kier alpha value is -1.39. The first-order valence-electron chi connectivity index (χ1n) is 4.13. The highest BCUT2D eigenvalue weighted by Gasteiger charge is 2.29. The molecule has 0 aliphatic carbocycles. The number of aliphatic carboxylic acids is 1. The van der Waals surface area contributed by atoms with Gasteiger partial charge in [0.15, 0.2) is 0 Å². The Morgan fingerprint density at radius 1 is 1.57 bits per heavy atom. The maximum Gasteiger partial charge on any atom is 0.342 e. The number of carbonyl (C=O) groups is 2. The Balaban J connectivity index is 4.36. The lowest BCUT2D eigenvalue weighted by Gasteiger charge is -2.17. The highest BCUT2D eigenvalue weighted by Crippen LogP contribution is 2.10. The van der Waals surface area contributed by atoms with Crippen molar-refractivity contribution < 1.29 is 23.8 Å². The van der Waals surface area contributed by atoms with Crippen LogP contribution < -0.4 is 0 Å². The number of halogens is 1. The summed E-state index contributed by atoms with van der Waals surface area (Å²) >= 11 is 0. The molecule has 14 heavy (non-hydrogen) atoms. The van der Waals surface area contributed by atoms with Crippen LogP contribution in [0.2, 0.25) is 0 Å². The van der Waals surface area contributed by atoms with Gasteiger partial charge in [0, 0.05) is 5.57 Å². The van der Waals surface area contributed by atoms with Crippen molar-refractivity contribution in [3.05, 3.63) is 12.2 Å². The number of carboxylic acids is 1. The molecular formula is C9H13FO4. The normalized spacial score (nSPS) is 14.2. The molecule has 0 saturated carbocycles. The molecule has 0 rings (SSSR count). The van der Waals surface area contributed by atoms with Gasteiger partial charge in [0.25, 0.3) is 0 Å². The van der Waals surface area contributed by atoms with E-state index in [1.807, 2.05) is 0 Å². The van der Waals surface area contributed by atoms with E-state index in [1.54, 1.807) is 0 Å². The molecule has 0 radical (unpaired) electrons. The predicted octanol–water partition coefficient (Wildman–Crippen LogP) is 1.31. The number of ether oxygens (including phenoxy) is 1. The summed E-state index contributed by atoms with van der Waals surface area (Å²) in [6.45, 7) is 6.24. The average molecular weight is 204 g/mol. The van der Waals surface area contributed by atoms with E-state index in [9.17, 15) is 14.0 Å². The van der Waals surface area contributed by atoms with E-state index >= 15 is 0 Å². The Morgan fingerprint density at radius 2 is 2.07 bits per heavy atom. The van der Waals surface area contributed by atoms with E-state index < -0.39 is 24.2 Å². The largest absolute Gasteiger partial charge is 0.479 e. The molecule has 0 bridgehead atoms. The molecule has 0 heterocycles. The zero-order chi connectivity index (χ0) is 11.3. The van der Waals surface area contributed by atoms with Gasteiger partial charge in [-0.1, -0.05) is 13.5 Å². The molecule has 0 aliphatic heterocycles. The summed E-state index contributed by atoms with van der Waals surface area (Å²) in [5, 5.41) is 8.35. The third-order valence-corrected chi connectivity index (χ3v) is 1.57. The van der Waals surface area contributed by atoms with Crippen LogP contribution in [-0.4, -0.2) is 29.3 Å². The first-order valence-corrected chi connectivity index (χ1v) is 4.13. The number of carbonyl (C=O) groups excluding carboxylic acids is 1. The van der Waals surface area contributed by atoms with Crippen molar-refractivity contribution in [3.8, 4) is 0 Å². The molecule has 2 atom stereocenters. The van der Waals surface area contributed by atoms with Crippen molar-refractivity contribution in [1.82, 2.24) is 0 Å². The molecule has 0 spiro atoms. The molecule has 0 saturated heterocycles. The zero-order valence-corrected chi connectivity index (χ0v) is 8.12. The lowest BCUT2D eigenvalue weighted by molar-refractivity contribution is -0.157. The van der Waals surface area contributed by atoms with Crippen LogP contribution >= 0.6 is 0 Å². The van der Waals surface area contributed by atoms with E-state index in [-0.39, 0.29) is 12.0 Å². The van der Waals surface area contributed by atoms with Crippen LogP contribution in [0.1, 0.15) is 20.3 Å². The van der Waals surface area contributed by atoms with Crippen LogP contribution in [0.15, 0.2) is 12.2 Å². The first-order chi connectivity index (χ1) is 6.40. The summed E-state index contributed by atoms with van der Waals surface area (Å²) in [4.78, 5) is 21.2. The number of esters is 1. The van der Waals surface area contributed by atoms with Crippen LogP contribution in [0.5, 0.6) is 0 Å². The van der Waals surface area contributed by atoms with Gasteiger partial charge in [-0.05, 0) is 13.3 Å². The summed E-state index contributed by atoms with van der Waals surface area (Å²) in [6.07, 6.45) is -3.34. The Morgan fingerprint density at radius 3 is 2.36 bits per heavy atom. The Labute approximate surface area is 81.4 Å².